The van der Waals surface area contributed by atoms with Crippen LogP contribution in [0.15, 0.2) is 40.6 Å². The van der Waals surface area contributed by atoms with Gasteiger partial charge in [0.15, 0.2) is 0 Å². The van der Waals surface area contributed by atoms with Crippen molar-refractivity contribution in [2.45, 2.75) is 5.31 Å². The van der Waals surface area contributed by atoms with E-state index >= 15 is 0 Å². The molecule has 1 heterocycles. The summed E-state index contributed by atoms with van der Waals surface area (Å²) in [5.41, 5.74) is 0. The maximum atomic E-state index is 5.62. The SMILES string of the molecule is ClC1(Oc2ccccc2)N=N1. The van der Waals surface area contributed by atoms with Crippen LogP contribution in [0.5, 0.6) is 5.75 Å². The zero-order valence-corrected chi connectivity index (χ0v) is 6.32. The molecule has 0 saturated carbocycles. The molecule has 0 fully saturated rings. The van der Waals surface area contributed by atoms with E-state index in [0.29, 0.717) is 5.75 Å². The van der Waals surface area contributed by atoms with Gasteiger partial charge < -0.3 is 4.74 Å². The van der Waals surface area contributed by atoms with Gasteiger partial charge in [0, 0.05) is 0 Å². The summed E-state index contributed by atoms with van der Waals surface area (Å²) >= 11 is 5.62. The fraction of sp³-hybridized carbons (Fsp3) is 0.143. The largest absolute Gasteiger partial charge is 0.432 e. The molecule has 0 aromatic heterocycles. The van der Waals surface area contributed by atoms with Gasteiger partial charge in [0.1, 0.15) is 5.75 Å². The summed E-state index contributed by atoms with van der Waals surface area (Å²) in [4.78, 5) is 0. The van der Waals surface area contributed by atoms with Crippen LogP contribution in [0.2, 0.25) is 0 Å². The van der Waals surface area contributed by atoms with E-state index in [1.54, 1.807) is 12.1 Å². The maximum Gasteiger partial charge on any atom is 0.418 e. The summed E-state index contributed by atoms with van der Waals surface area (Å²) in [6, 6.07) is 9.21. The summed E-state index contributed by atoms with van der Waals surface area (Å²) in [7, 11) is 0. The Bertz CT molecular complexity index is 280. The number of hydrogen-bond donors (Lipinski definition) is 0. The Hall–Kier alpha value is -1.09. The van der Waals surface area contributed by atoms with Crippen molar-refractivity contribution in [1.29, 1.82) is 0 Å². The van der Waals surface area contributed by atoms with Gasteiger partial charge in [-0.15, -0.1) is 0 Å². The van der Waals surface area contributed by atoms with Crippen molar-refractivity contribution in [1.82, 2.24) is 0 Å². The molecule has 3 nitrogen and oxygen atoms in total. The molecule has 0 aliphatic carbocycles. The summed E-state index contributed by atoms with van der Waals surface area (Å²) in [5, 5.41) is 5.87. The highest BCUT2D eigenvalue weighted by Crippen LogP contribution is 2.34. The maximum absolute atomic E-state index is 5.62. The van der Waals surface area contributed by atoms with Crippen LogP contribution in [-0.4, -0.2) is 5.31 Å². The highest BCUT2D eigenvalue weighted by Gasteiger charge is 2.40. The van der Waals surface area contributed by atoms with Crippen LogP contribution in [0, 0.1) is 0 Å². The van der Waals surface area contributed by atoms with Crippen molar-refractivity contribution in [3.63, 3.8) is 0 Å². The van der Waals surface area contributed by atoms with Crippen LogP contribution >= 0.6 is 11.6 Å². The first-order chi connectivity index (χ1) is 5.29. The second-order valence-electron chi connectivity index (χ2n) is 2.14. The van der Waals surface area contributed by atoms with Crippen molar-refractivity contribution in [3.05, 3.63) is 30.3 Å². The number of para-hydroxylation sites is 1. The van der Waals surface area contributed by atoms with E-state index in [2.05, 4.69) is 10.2 Å². The van der Waals surface area contributed by atoms with Gasteiger partial charge in [-0.25, -0.2) is 0 Å². The first-order valence-corrected chi connectivity index (χ1v) is 3.53. The first-order valence-electron chi connectivity index (χ1n) is 3.16. The molecule has 0 amide bonds. The molecule has 1 aliphatic heterocycles. The molecular weight excluding hydrogens is 164 g/mol. The molecule has 1 aromatic rings. The summed E-state index contributed by atoms with van der Waals surface area (Å²) < 4.78 is 5.14. The lowest BCUT2D eigenvalue weighted by Gasteiger charge is -2.04. The minimum absolute atomic E-state index is 0.674. The molecule has 56 valence electrons. The monoisotopic (exact) mass is 168 g/mol. The molecule has 0 N–H and O–H groups in total. The molecule has 0 unspecified atom stereocenters. The van der Waals surface area contributed by atoms with Gasteiger partial charge in [0.2, 0.25) is 0 Å². The number of benzene rings is 1. The van der Waals surface area contributed by atoms with Gasteiger partial charge in [0.25, 0.3) is 0 Å². The third kappa shape index (κ3) is 1.49. The van der Waals surface area contributed by atoms with Gasteiger partial charge in [0.05, 0.1) is 0 Å². The summed E-state index contributed by atoms with van der Waals surface area (Å²) in [6.07, 6.45) is 0. The Balaban J connectivity index is 2.08. The predicted molar refractivity (Wildman–Crippen MR) is 40.5 cm³/mol. The van der Waals surface area contributed by atoms with Crippen LogP contribution in [0.1, 0.15) is 0 Å². The topological polar surface area (TPSA) is 34.0 Å². The molecule has 11 heavy (non-hydrogen) atoms. The predicted octanol–water partition coefficient (Wildman–Crippen LogP) is 2.38. The Morgan fingerprint density at radius 1 is 1.18 bits per heavy atom. The quantitative estimate of drug-likeness (QED) is 0.493. The van der Waals surface area contributed by atoms with Gasteiger partial charge in [-0.1, -0.05) is 28.4 Å². The van der Waals surface area contributed by atoms with Crippen LogP contribution in [-0.2, 0) is 0 Å². The van der Waals surface area contributed by atoms with E-state index in [1.807, 2.05) is 18.2 Å². The number of nitrogens with zero attached hydrogens (tertiary/aromatic N) is 2. The average Bonchev–Trinajstić information content (AvgIpc) is 2.70. The Kier molecular flexibility index (Phi) is 1.32. The molecule has 1 aromatic carbocycles. The Morgan fingerprint density at radius 2 is 1.82 bits per heavy atom. The number of rotatable bonds is 2. The van der Waals surface area contributed by atoms with Crippen LogP contribution in [0.25, 0.3) is 0 Å². The zero-order chi connectivity index (χ0) is 7.73. The lowest BCUT2D eigenvalue weighted by molar-refractivity contribution is 0.246. The molecule has 0 bridgehead atoms. The van der Waals surface area contributed by atoms with Crippen molar-refractivity contribution < 1.29 is 4.74 Å². The average molecular weight is 169 g/mol. The highest BCUT2D eigenvalue weighted by atomic mass is 35.5. The Labute approximate surface area is 68.7 Å². The Morgan fingerprint density at radius 3 is 2.36 bits per heavy atom. The molecular formula is C7H5ClN2O. The molecule has 0 saturated heterocycles. The summed E-state index contributed by atoms with van der Waals surface area (Å²) in [5.74, 6) is 0.674. The third-order valence-electron chi connectivity index (χ3n) is 1.25. The van der Waals surface area contributed by atoms with Gasteiger partial charge in [-0.2, -0.15) is 0 Å². The second-order valence-corrected chi connectivity index (χ2v) is 2.64. The fourth-order valence-corrected chi connectivity index (χ4v) is 0.846. The third-order valence-corrected chi connectivity index (χ3v) is 1.48. The molecule has 0 spiro atoms. The zero-order valence-electron chi connectivity index (χ0n) is 5.57. The standard InChI is InChI=1S/C7H5ClN2O/c8-7(9-10-7)11-6-4-2-1-3-5-6/h1-5H. The first kappa shape index (κ1) is 6.61. The number of hydrogen-bond acceptors (Lipinski definition) is 3. The van der Waals surface area contributed by atoms with Crippen molar-refractivity contribution in [2.24, 2.45) is 10.2 Å². The smallest absolute Gasteiger partial charge is 0.418 e. The van der Waals surface area contributed by atoms with E-state index in [0.717, 1.165) is 0 Å². The molecule has 0 radical (unpaired) electrons. The van der Waals surface area contributed by atoms with E-state index in [-0.39, 0.29) is 0 Å². The molecule has 0 atom stereocenters. The molecule has 1 aliphatic rings. The fourth-order valence-electron chi connectivity index (χ4n) is 0.719. The lowest BCUT2D eigenvalue weighted by atomic mass is 10.3. The van der Waals surface area contributed by atoms with E-state index in [4.69, 9.17) is 16.3 Å². The van der Waals surface area contributed by atoms with Crippen LogP contribution in [0.4, 0.5) is 0 Å². The van der Waals surface area contributed by atoms with Crippen molar-refractivity contribution in [2.75, 3.05) is 0 Å². The highest BCUT2D eigenvalue weighted by molar-refractivity contribution is 6.23. The number of ether oxygens (including phenoxy) is 1. The lowest BCUT2D eigenvalue weighted by Crippen LogP contribution is -2.10. The van der Waals surface area contributed by atoms with Gasteiger partial charge >= 0.3 is 5.31 Å². The minimum Gasteiger partial charge on any atom is -0.432 e. The van der Waals surface area contributed by atoms with Gasteiger partial charge in [-0.05, 0) is 23.7 Å². The molecule has 2 rings (SSSR count). The number of alkyl halides is 1. The van der Waals surface area contributed by atoms with Crippen molar-refractivity contribution >= 4 is 11.6 Å². The minimum atomic E-state index is -1.12. The number of halogens is 1. The molecule has 4 heteroatoms. The van der Waals surface area contributed by atoms with Crippen molar-refractivity contribution in [3.8, 4) is 5.75 Å². The van der Waals surface area contributed by atoms with Gasteiger partial charge in [-0.3, -0.25) is 0 Å². The summed E-state index contributed by atoms with van der Waals surface area (Å²) in [6.45, 7) is 0. The van der Waals surface area contributed by atoms with E-state index < -0.39 is 5.31 Å². The van der Waals surface area contributed by atoms with Crippen LogP contribution in [0.3, 0.4) is 0 Å². The van der Waals surface area contributed by atoms with E-state index in [9.17, 15) is 0 Å². The second kappa shape index (κ2) is 2.20. The van der Waals surface area contributed by atoms with E-state index in [1.165, 1.54) is 0 Å². The van der Waals surface area contributed by atoms with Crippen LogP contribution < -0.4 is 4.74 Å². The normalized spacial score (nSPS) is 17.9.